The Labute approximate surface area is 192 Å². The zero-order chi connectivity index (χ0) is 22.7. The number of ether oxygens (including phenoxy) is 1. The lowest BCUT2D eigenvalue weighted by Crippen LogP contribution is -2.22. The maximum absolute atomic E-state index is 13.3. The third-order valence-electron chi connectivity index (χ3n) is 4.77. The van der Waals surface area contributed by atoms with Crippen LogP contribution in [0, 0.1) is 0 Å². The van der Waals surface area contributed by atoms with Gasteiger partial charge < -0.3 is 4.74 Å². The van der Waals surface area contributed by atoms with Crippen molar-refractivity contribution in [3.8, 4) is 5.69 Å². The molecule has 0 aliphatic carbocycles. The van der Waals surface area contributed by atoms with Crippen LogP contribution >= 0.6 is 23.4 Å². The Hall–Kier alpha value is -3.42. The van der Waals surface area contributed by atoms with Crippen molar-refractivity contribution in [1.29, 1.82) is 0 Å². The summed E-state index contributed by atoms with van der Waals surface area (Å²) >= 11 is 7.05. The van der Waals surface area contributed by atoms with E-state index >= 15 is 0 Å². The predicted molar refractivity (Wildman–Crippen MR) is 125 cm³/mol. The lowest BCUT2D eigenvalue weighted by Gasteiger charge is -2.13. The average Bonchev–Trinajstić information content (AvgIpc) is 2.82. The molecule has 8 heteroatoms. The summed E-state index contributed by atoms with van der Waals surface area (Å²) in [6, 6.07) is 20.3. The number of benzene rings is 3. The highest BCUT2D eigenvalue weighted by Crippen LogP contribution is 2.23. The zero-order valence-corrected chi connectivity index (χ0v) is 18.5. The van der Waals surface area contributed by atoms with E-state index in [1.165, 1.54) is 23.8 Å². The van der Waals surface area contributed by atoms with E-state index in [9.17, 15) is 14.4 Å². The van der Waals surface area contributed by atoms with Crippen LogP contribution in [0.15, 0.2) is 82.7 Å². The molecule has 0 saturated heterocycles. The van der Waals surface area contributed by atoms with Gasteiger partial charge in [0.15, 0.2) is 10.9 Å². The van der Waals surface area contributed by atoms with Gasteiger partial charge in [0.1, 0.15) is 0 Å². The maximum atomic E-state index is 13.3. The SMILES string of the molecule is COC(=O)c1ccc2c(=O)n(-c3ccccc3)c(SCC(=O)c3ccc(Cl)cc3)nc2c1. The van der Waals surface area contributed by atoms with E-state index in [4.69, 9.17) is 16.3 Å². The van der Waals surface area contributed by atoms with Crippen LogP contribution in [0.25, 0.3) is 16.6 Å². The maximum Gasteiger partial charge on any atom is 0.337 e. The van der Waals surface area contributed by atoms with Gasteiger partial charge in [0.2, 0.25) is 0 Å². The van der Waals surface area contributed by atoms with Gasteiger partial charge in [-0.15, -0.1) is 0 Å². The Bertz CT molecular complexity index is 1370. The lowest BCUT2D eigenvalue weighted by molar-refractivity contribution is 0.0600. The quantitative estimate of drug-likeness (QED) is 0.176. The molecule has 0 aliphatic heterocycles. The Morgan fingerprint density at radius 1 is 1.00 bits per heavy atom. The molecule has 0 atom stereocenters. The number of ketones is 1. The van der Waals surface area contributed by atoms with Gasteiger partial charge in [0.25, 0.3) is 5.56 Å². The Balaban J connectivity index is 1.78. The van der Waals surface area contributed by atoms with Crippen LogP contribution in [0.4, 0.5) is 0 Å². The molecule has 32 heavy (non-hydrogen) atoms. The van der Waals surface area contributed by atoms with Crippen molar-refractivity contribution in [1.82, 2.24) is 9.55 Å². The molecule has 0 radical (unpaired) electrons. The van der Waals surface area contributed by atoms with E-state index in [1.54, 1.807) is 42.5 Å². The summed E-state index contributed by atoms with van der Waals surface area (Å²) in [5.74, 6) is -0.569. The number of fused-ring (bicyclic) bond motifs is 1. The van der Waals surface area contributed by atoms with Gasteiger partial charge in [-0.05, 0) is 54.6 Å². The number of para-hydroxylation sites is 1. The number of methoxy groups -OCH3 is 1. The van der Waals surface area contributed by atoms with Gasteiger partial charge in [0, 0.05) is 10.6 Å². The normalized spacial score (nSPS) is 10.8. The second-order valence-electron chi connectivity index (χ2n) is 6.81. The molecule has 0 saturated carbocycles. The number of aromatic nitrogens is 2. The summed E-state index contributed by atoms with van der Waals surface area (Å²) in [4.78, 5) is 42.5. The number of carbonyl (C=O) groups excluding carboxylic acids is 2. The first-order chi connectivity index (χ1) is 15.5. The highest BCUT2D eigenvalue weighted by Gasteiger charge is 2.17. The monoisotopic (exact) mass is 464 g/mol. The topological polar surface area (TPSA) is 78.3 Å². The van der Waals surface area contributed by atoms with Crippen LogP contribution in [0.3, 0.4) is 0 Å². The first kappa shape index (κ1) is 21.8. The zero-order valence-electron chi connectivity index (χ0n) is 16.9. The number of halogens is 1. The van der Waals surface area contributed by atoms with Crippen molar-refractivity contribution in [3.05, 3.63) is 99.3 Å². The molecule has 1 heterocycles. The molecule has 0 aliphatic rings. The molecule has 0 unspecified atom stereocenters. The second kappa shape index (κ2) is 9.38. The summed E-state index contributed by atoms with van der Waals surface area (Å²) in [7, 11) is 1.29. The molecule has 0 fully saturated rings. The van der Waals surface area contributed by atoms with E-state index in [0.717, 1.165) is 11.8 Å². The first-order valence-electron chi connectivity index (χ1n) is 9.60. The average molecular weight is 465 g/mol. The highest BCUT2D eigenvalue weighted by molar-refractivity contribution is 7.99. The largest absolute Gasteiger partial charge is 0.465 e. The van der Waals surface area contributed by atoms with Crippen molar-refractivity contribution in [3.63, 3.8) is 0 Å². The molecule has 1 aromatic heterocycles. The van der Waals surface area contributed by atoms with Crippen LogP contribution < -0.4 is 5.56 Å². The molecule has 4 aromatic rings. The summed E-state index contributed by atoms with van der Waals surface area (Å²) in [6.07, 6.45) is 0. The highest BCUT2D eigenvalue weighted by atomic mass is 35.5. The van der Waals surface area contributed by atoms with Gasteiger partial charge in [-0.3, -0.25) is 14.2 Å². The summed E-state index contributed by atoms with van der Waals surface area (Å²) in [5, 5.41) is 1.25. The third kappa shape index (κ3) is 4.44. The smallest absolute Gasteiger partial charge is 0.337 e. The third-order valence-corrected chi connectivity index (χ3v) is 5.96. The Kier molecular flexibility index (Phi) is 6.39. The van der Waals surface area contributed by atoms with Crippen molar-refractivity contribution < 1.29 is 14.3 Å². The van der Waals surface area contributed by atoms with E-state index in [-0.39, 0.29) is 22.7 Å². The van der Waals surface area contributed by atoms with Crippen LogP contribution in [-0.4, -0.2) is 34.2 Å². The summed E-state index contributed by atoms with van der Waals surface area (Å²) < 4.78 is 6.24. The van der Waals surface area contributed by atoms with Crippen LogP contribution in [0.1, 0.15) is 20.7 Å². The fourth-order valence-electron chi connectivity index (χ4n) is 3.16. The van der Waals surface area contributed by atoms with Crippen LogP contribution in [0.2, 0.25) is 5.02 Å². The molecular formula is C24H17ClN2O4S. The number of Topliss-reactive ketones (excluding diaryl/α,β-unsaturated/α-hetero) is 1. The second-order valence-corrected chi connectivity index (χ2v) is 8.19. The fraction of sp³-hybridized carbons (Fsp3) is 0.0833. The molecule has 3 aromatic carbocycles. The van der Waals surface area contributed by atoms with Crippen LogP contribution in [0.5, 0.6) is 0 Å². The Morgan fingerprint density at radius 2 is 1.69 bits per heavy atom. The van der Waals surface area contributed by atoms with E-state index in [0.29, 0.717) is 32.3 Å². The van der Waals surface area contributed by atoms with Gasteiger partial charge in [-0.1, -0.05) is 41.6 Å². The van der Waals surface area contributed by atoms with Gasteiger partial charge in [-0.25, -0.2) is 9.78 Å². The van der Waals surface area contributed by atoms with Gasteiger partial charge >= 0.3 is 5.97 Å². The predicted octanol–water partition coefficient (Wildman–Crippen LogP) is 4.80. The summed E-state index contributed by atoms with van der Waals surface area (Å²) in [6.45, 7) is 0. The van der Waals surface area contributed by atoms with E-state index in [2.05, 4.69) is 4.98 Å². The molecule has 6 nitrogen and oxygen atoms in total. The lowest BCUT2D eigenvalue weighted by atomic mass is 10.1. The number of carbonyl (C=O) groups is 2. The number of hydrogen-bond donors (Lipinski definition) is 0. The number of esters is 1. The molecule has 0 spiro atoms. The molecule has 4 rings (SSSR count). The fourth-order valence-corrected chi connectivity index (χ4v) is 4.19. The minimum absolute atomic E-state index is 0.0725. The van der Waals surface area contributed by atoms with Crippen LogP contribution in [-0.2, 0) is 4.74 Å². The van der Waals surface area contributed by atoms with E-state index < -0.39 is 5.97 Å². The summed E-state index contributed by atoms with van der Waals surface area (Å²) in [5.41, 5.74) is 1.50. The molecule has 0 N–H and O–H groups in total. The minimum atomic E-state index is -0.520. The van der Waals surface area contributed by atoms with E-state index in [1.807, 2.05) is 18.2 Å². The Morgan fingerprint density at radius 3 is 2.38 bits per heavy atom. The van der Waals surface area contributed by atoms with Gasteiger partial charge in [-0.2, -0.15) is 0 Å². The number of nitrogens with zero attached hydrogens (tertiary/aromatic N) is 2. The van der Waals surface area contributed by atoms with Crippen molar-refractivity contribution in [2.75, 3.05) is 12.9 Å². The molecule has 0 bridgehead atoms. The molecule has 160 valence electrons. The van der Waals surface area contributed by atoms with Crippen molar-refractivity contribution in [2.24, 2.45) is 0 Å². The van der Waals surface area contributed by atoms with Crippen molar-refractivity contribution >= 4 is 46.0 Å². The molecule has 0 amide bonds. The van der Waals surface area contributed by atoms with Crippen molar-refractivity contribution in [2.45, 2.75) is 5.16 Å². The standard InChI is InChI=1S/C24H17ClN2O4S/c1-31-23(30)16-9-12-19-20(13-16)26-24(27(22(19)29)18-5-3-2-4-6-18)32-14-21(28)15-7-10-17(25)11-8-15/h2-13H,14H2,1H3. The number of hydrogen-bond acceptors (Lipinski definition) is 6. The minimum Gasteiger partial charge on any atom is -0.465 e. The first-order valence-corrected chi connectivity index (χ1v) is 11.0. The van der Waals surface area contributed by atoms with Gasteiger partial charge in [0.05, 0.1) is 35.0 Å². The number of thioether (sulfide) groups is 1. The number of rotatable bonds is 6. The molecular weight excluding hydrogens is 448 g/mol.